The molecule has 0 radical (unpaired) electrons. The van der Waals surface area contributed by atoms with E-state index in [4.69, 9.17) is 10.8 Å². The quantitative estimate of drug-likeness (QED) is 0.733. The van der Waals surface area contributed by atoms with Crippen LogP contribution in [0.2, 0.25) is 0 Å². The minimum absolute atomic E-state index is 0.229. The zero-order valence-corrected chi connectivity index (χ0v) is 12.3. The maximum atomic E-state index is 11.4. The summed E-state index contributed by atoms with van der Waals surface area (Å²) < 4.78 is 0.919. The highest BCUT2D eigenvalue weighted by molar-refractivity contribution is 9.10. The molecule has 108 valence electrons. The molecular formula is C14H16BrNO4. The average molecular weight is 342 g/mol. The van der Waals surface area contributed by atoms with Crippen LogP contribution in [0.1, 0.15) is 18.4 Å². The molecule has 0 bridgehead atoms. The molecule has 2 rings (SSSR count). The summed E-state index contributed by atoms with van der Waals surface area (Å²) in [5.74, 6) is -3.20. The predicted octanol–water partition coefficient (Wildman–Crippen LogP) is 1.88. The third kappa shape index (κ3) is 3.02. The molecular weight excluding hydrogens is 326 g/mol. The molecule has 4 N–H and O–H groups in total. The van der Waals surface area contributed by atoms with E-state index in [1.54, 1.807) is 0 Å². The van der Waals surface area contributed by atoms with Gasteiger partial charge in [-0.3, -0.25) is 9.59 Å². The first-order chi connectivity index (χ1) is 9.34. The number of benzene rings is 1. The third-order valence-corrected chi connectivity index (χ3v) is 4.38. The van der Waals surface area contributed by atoms with Gasteiger partial charge < -0.3 is 15.9 Å². The fourth-order valence-corrected chi connectivity index (χ4v) is 2.98. The number of hydrogen-bond acceptors (Lipinski definition) is 3. The van der Waals surface area contributed by atoms with Crippen LogP contribution in [-0.2, 0) is 16.0 Å². The van der Waals surface area contributed by atoms with E-state index >= 15 is 0 Å². The van der Waals surface area contributed by atoms with E-state index in [-0.39, 0.29) is 6.42 Å². The van der Waals surface area contributed by atoms with Crippen molar-refractivity contribution in [2.24, 2.45) is 17.6 Å². The highest BCUT2D eigenvalue weighted by Gasteiger charge is 2.57. The van der Waals surface area contributed by atoms with Crippen molar-refractivity contribution >= 4 is 27.9 Å². The molecule has 1 saturated carbocycles. The molecule has 1 unspecified atom stereocenters. The Kier molecular flexibility index (Phi) is 4.15. The number of carbonyl (C=O) groups is 2. The van der Waals surface area contributed by atoms with Crippen molar-refractivity contribution in [3.05, 3.63) is 34.3 Å². The normalized spacial score (nSPS) is 23.9. The van der Waals surface area contributed by atoms with Gasteiger partial charge in [0.1, 0.15) is 5.54 Å². The average Bonchev–Trinajstić information content (AvgIpc) is 3.16. The van der Waals surface area contributed by atoms with Gasteiger partial charge in [-0.05, 0) is 37.0 Å². The second-order valence-electron chi connectivity index (χ2n) is 5.26. The zero-order chi connectivity index (χ0) is 14.9. The Labute approximate surface area is 124 Å². The fourth-order valence-electron chi connectivity index (χ4n) is 2.53. The Morgan fingerprint density at radius 1 is 1.40 bits per heavy atom. The molecule has 1 aromatic carbocycles. The second-order valence-corrected chi connectivity index (χ2v) is 6.18. The van der Waals surface area contributed by atoms with Gasteiger partial charge in [-0.1, -0.05) is 28.1 Å². The number of carboxylic acids is 2. The van der Waals surface area contributed by atoms with E-state index < -0.39 is 29.3 Å². The largest absolute Gasteiger partial charge is 0.481 e. The Balaban J connectivity index is 2.07. The molecule has 0 spiro atoms. The minimum atomic E-state index is -1.47. The van der Waals surface area contributed by atoms with Crippen LogP contribution in [0.3, 0.4) is 0 Å². The van der Waals surface area contributed by atoms with Crippen LogP contribution in [0, 0.1) is 11.8 Å². The van der Waals surface area contributed by atoms with E-state index in [2.05, 4.69) is 15.9 Å². The van der Waals surface area contributed by atoms with Crippen molar-refractivity contribution in [2.75, 3.05) is 0 Å². The first-order valence-electron chi connectivity index (χ1n) is 6.34. The van der Waals surface area contributed by atoms with Crippen molar-refractivity contribution in [3.63, 3.8) is 0 Å². The standard InChI is InChI=1S/C14H16BrNO4/c15-9-3-1-2-8(6-9)4-5-14(16,13(19)20)11-7-10(11)12(17)18/h1-3,6,10-11H,4-5,7,16H2,(H,17,18)(H,19,20)/t10-,11?,14+/m0/s1. The molecule has 1 aliphatic carbocycles. The maximum Gasteiger partial charge on any atom is 0.324 e. The van der Waals surface area contributed by atoms with Gasteiger partial charge in [-0.2, -0.15) is 0 Å². The molecule has 1 aliphatic rings. The van der Waals surface area contributed by atoms with Gasteiger partial charge in [-0.25, -0.2) is 0 Å². The highest BCUT2D eigenvalue weighted by Crippen LogP contribution is 2.47. The lowest BCUT2D eigenvalue weighted by Gasteiger charge is -2.25. The van der Waals surface area contributed by atoms with E-state index in [0.717, 1.165) is 10.0 Å². The fraction of sp³-hybridized carbons (Fsp3) is 0.429. The molecule has 3 atom stereocenters. The summed E-state index contributed by atoms with van der Waals surface area (Å²) in [7, 11) is 0. The monoisotopic (exact) mass is 341 g/mol. The molecule has 0 aliphatic heterocycles. The summed E-state index contributed by atoms with van der Waals surface area (Å²) in [6.07, 6.45) is 1.08. The predicted molar refractivity (Wildman–Crippen MR) is 76.3 cm³/mol. The number of aliphatic carboxylic acids is 2. The lowest BCUT2D eigenvalue weighted by molar-refractivity contribution is -0.145. The number of hydrogen-bond donors (Lipinski definition) is 3. The van der Waals surface area contributed by atoms with Crippen LogP contribution in [-0.4, -0.2) is 27.7 Å². The van der Waals surface area contributed by atoms with E-state index in [1.807, 2.05) is 24.3 Å². The van der Waals surface area contributed by atoms with Gasteiger partial charge in [0.2, 0.25) is 0 Å². The van der Waals surface area contributed by atoms with Crippen molar-refractivity contribution < 1.29 is 19.8 Å². The van der Waals surface area contributed by atoms with Crippen LogP contribution >= 0.6 is 15.9 Å². The Hall–Kier alpha value is -1.40. The topological polar surface area (TPSA) is 101 Å². The summed E-state index contributed by atoms with van der Waals surface area (Å²) >= 11 is 3.36. The zero-order valence-electron chi connectivity index (χ0n) is 10.8. The van der Waals surface area contributed by atoms with Gasteiger partial charge in [0.15, 0.2) is 0 Å². The van der Waals surface area contributed by atoms with E-state index in [1.165, 1.54) is 0 Å². The number of halogens is 1. The molecule has 0 amide bonds. The van der Waals surface area contributed by atoms with Crippen molar-refractivity contribution in [1.82, 2.24) is 0 Å². The smallest absolute Gasteiger partial charge is 0.324 e. The molecule has 1 aromatic rings. The second kappa shape index (κ2) is 5.54. The number of rotatable bonds is 6. The van der Waals surface area contributed by atoms with Crippen LogP contribution in [0.5, 0.6) is 0 Å². The molecule has 6 heteroatoms. The third-order valence-electron chi connectivity index (χ3n) is 3.88. The summed E-state index contributed by atoms with van der Waals surface area (Å²) in [5, 5.41) is 18.3. The summed E-state index contributed by atoms with van der Waals surface area (Å²) in [4.78, 5) is 22.3. The first kappa shape index (κ1) is 15.0. The van der Waals surface area contributed by atoms with Crippen LogP contribution < -0.4 is 5.73 Å². The maximum absolute atomic E-state index is 11.4. The van der Waals surface area contributed by atoms with Gasteiger partial charge >= 0.3 is 11.9 Å². The summed E-state index contributed by atoms with van der Waals surface area (Å²) in [6.45, 7) is 0. The minimum Gasteiger partial charge on any atom is -0.481 e. The summed E-state index contributed by atoms with van der Waals surface area (Å²) in [6, 6.07) is 7.56. The highest BCUT2D eigenvalue weighted by atomic mass is 79.9. The van der Waals surface area contributed by atoms with Crippen LogP contribution in [0.25, 0.3) is 0 Å². The van der Waals surface area contributed by atoms with E-state index in [9.17, 15) is 14.7 Å². The Bertz CT molecular complexity index is 548. The lowest BCUT2D eigenvalue weighted by Crippen LogP contribution is -2.51. The molecule has 1 fully saturated rings. The van der Waals surface area contributed by atoms with Gasteiger partial charge in [0.05, 0.1) is 5.92 Å². The van der Waals surface area contributed by atoms with Gasteiger partial charge in [-0.15, -0.1) is 0 Å². The van der Waals surface area contributed by atoms with Crippen molar-refractivity contribution in [1.29, 1.82) is 0 Å². The molecule has 5 nitrogen and oxygen atoms in total. The molecule has 0 heterocycles. The number of nitrogens with two attached hydrogens (primary N) is 1. The molecule has 20 heavy (non-hydrogen) atoms. The van der Waals surface area contributed by atoms with Crippen LogP contribution in [0.4, 0.5) is 0 Å². The first-order valence-corrected chi connectivity index (χ1v) is 7.13. The number of carboxylic acid groups (broad SMARTS) is 2. The summed E-state index contributed by atoms with van der Waals surface area (Å²) in [5.41, 5.74) is 5.49. The van der Waals surface area contributed by atoms with Gasteiger partial charge in [0.25, 0.3) is 0 Å². The van der Waals surface area contributed by atoms with E-state index in [0.29, 0.717) is 12.8 Å². The SMILES string of the molecule is N[C@@](CCc1cccc(Br)c1)(C(=O)O)C1C[C@@H]1C(=O)O. The molecule has 0 aromatic heterocycles. The lowest BCUT2D eigenvalue weighted by atomic mass is 9.86. The Morgan fingerprint density at radius 2 is 2.10 bits per heavy atom. The molecule has 0 saturated heterocycles. The Morgan fingerprint density at radius 3 is 2.60 bits per heavy atom. The van der Waals surface area contributed by atoms with Crippen LogP contribution in [0.15, 0.2) is 28.7 Å². The number of aryl methyl sites for hydroxylation is 1. The van der Waals surface area contributed by atoms with Gasteiger partial charge in [0, 0.05) is 10.4 Å². The van der Waals surface area contributed by atoms with Crippen molar-refractivity contribution in [2.45, 2.75) is 24.8 Å². The van der Waals surface area contributed by atoms with Crippen molar-refractivity contribution in [3.8, 4) is 0 Å².